The van der Waals surface area contributed by atoms with Crippen molar-refractivity contribution in [3.8, 4) is 10.6 Å². The van der Waals surface area contributed by atoms with Crippen LogP contribution in [0.4, 0.5) is 5.13 Å². The Balaban J connectivity index is 1.51. The number of hydrogen-bond acceptors (Lipinski definition) is 5. The lowest BCUT2D eigenvalue weighted by Gasteiger charge is -2.18. The van der Waals surface area contributed by atoms with Crippen LogP contribution in [0, 0.1) is 0 Å². The molecule has 33 heavy (non-hydrogen) atoms. The Bertz CT molecular complexity index is 1260. The molecule has 1 aromatic heterocycles. The van der Waals surface area contributed by atoms with Crippen molar-refractivity contribution in [2.24, 2.45) is 0 Å². The molecule has 0 spiro atoms. The lowest BCUT2D eigenvalue weighted by atomic mass is 10.0. The molecule has 0 aliphatic rings. The zero-order valence-electron chi connectivity index (χ0n) is 17.2. The number of rotatable bonds is 7. The molecule has 6 nitrogen and oxygen atoms in total. The second-order valence-corrected chi connectivity index (χ2v) is 8.99. The number of aromatic nitrogens is 2. The summed E-state index contributed by atoms with van der Waals surface area (Å²) in [6.45, 7) is 0. The van der Waals surface area contributed by atoms with Gasteiger partial charge in [-0.25, -0.2) is 0 Å². The molecule has 2 amide bonds. The molecule has 0 saturated heterocycles. The van der Waals surface area contributed by atoms with Crippen LogP contribution >= 0.6 is 34.5 Å². The van der Waals surface area contributed by atoms with Gasteiger partial charge in [-0.3, -0.25) is 14.9 Å². The predicted molar refractivity (Wildman–Crippen MR) is 132 cm³/mol. The molecule has 166 valence electrons. The molecule has 4 aromatic rings. The van der Waals surface area contributed by atoms with Gasteiger partial charge in [0.1, 0.15) is 11.0 Å². The molecule has 0 bridgehead atoms. The minimum atomic E-state index is -0.825. The first-order valence-corrected chi connectivity index (χ1v) is 11.6. The largest absolute Gasteiger partial charge is 0.340 e. The summed E-state index contributed by atoms with van der Waals surface area (Å²) >= 11 is 13.2. The summed E-state index contributed by atoms with van der Waals surface area (Å²) in [4.78, 5) is 25.9. The Hall–Kier alpha value is -3.26. The van der Waals surface area contributed by atoms with E-state index in [2.05, 4.69) is 20.8 Å². The number of halogens is 2. The molecule has 0 radical (unpaired) electrons. The van der Waals surface area contributed by atoms with Crippen LogP contribution in [0.3, 0.4) is 0 Å². The number of nitrogens with one attached hydrogen (secondary N) is 2. The van der Waals surface area contributed by atoms with E-state index >= 15 is 0 Å². The third kappa shape index (κ3) is 6.16. The molecule has 4 rings (SSSR count). The van der Waals surface area contributed by atoms with Gasteiger partial charge in [0, 0.05) is 27.6 Å². The maximum Gasteiger partial charge on any atom is 0.251 e. The molecule has 0 aliphatic heterocycles. The smallest absolute Gasteiger partial charge is 0.251 e. The van der Waals surface area contributed by atoms with Gasteiger partial charge in [0.25, 0.3) is 5.91 Å². The molecular formula is C24H18Cl2N4O2S. The third-order valence-corrected chi connectivity index (χ3v) is 6.11. The van der Waals surface area contributed by atoms with E-state index in [9.17, 15) is 9.59 Å². The van der Waals surface area contributed by atoms with E-state index < -0.39 is 11.9 Å². The standard InChI is InChI=1S/C24H18Cl2N4O2S/c25-18-11-9-16(10-12-18)21(31)27-20(13-15-5-2-1-3-6-15)22(32)28-24-30-29-23(33-24)17-7-4-8-19(26)14-17/h1-12,14,20H,13H2,(H,27,31)(H,28,30,32). The van der Waals surface area contributed by atoms with E-state index in [-0.39, 0.29) is 5.91 Å². The van der Waals surface area contributed by atoms with Crippen LogP contribution in [-0.2, 0) is 11.2 Å². The Morgan fingerprint density at radius 1 is 0.879 bits per heavy atom. The second-order valence-electron chi connectivity index (χ2n) is 7.13. The molecule has 1 heterocycles. The molecular weight excluding hydrogens is 479 g/mol. The first-order valence-electron chi connectivity index (χ1n) is 9.98. The average Bonchev–Trinajstić information content (AvgIpc) is 3.28. The van der Waals surface area contributed by atoms with Gasteiger partial charge in [-0.15, -0.1) is 10.2 Å². The fourth-order valence-corrected chi connectivity index (χ4v) is 4.17. The number of benzene rings is 3. The molecule has 2 N–H and O–H groups in total. The number of amides is 2. The summed E-state index contributed by atoms with van der Waals surface area (Å²) in [7, 11) is 0. The molecule has 1 unspecified atom stereocenters. The summed E-state index contributed by atoms with van der Waals surface area (Å²) in [5, 5.41) is 15.8. The molecule has 9 heteroatoms. The highest BCUT2D eigenvalue weighted by Crippen LogP contribution is 2.28. The lowest BCUT2D eigenvalue weighted by molar-refractivity contribution is -0.118. The number of nitrogens with zero attached hydrogens (tertiary/aromatic N) is 2. The summed E-state index contributed by atoms with van der Waals surface area (Å²) < 4.78 is 0. The highest BCUT2D eigenvalue weighted by Gasteiger charge is 2.23. The summed E-state index contributed by atoms with van der Waals surface area (Å²) in [5.41, 5.74) is 2.12. The summed E-state index contributed by atoms with van der Waals surface area (Å²) in [6, 6.07) is 22.3. The van der Waals surface area contributed by atoms with Crippen LogP contribution in [0.15, 0.2) is 78.9 Å². The SMILES string of the molecule is O=C(NC(Cc1ccccc1)C(=O)Nc1nnc(-c2cccc(Cl)c2)s1)c1ccc(Cl)cc1. The van der Waals surface area contributed by atoms with Crippen molar-refractivity contribution in [2.75, 3.05) is 5.32 Å². The van der Waals surface area contributed by atoms with Crippen molar-refractivity contribution < 1.29 is 9.59 Å². The van der Waals surface area contributed by atoms with Crippen LogP contribution in [-0.4, -0.2) is 28.1 Å². The van der Waals surface area contributed by atoms with Crippen molar-refractivity contribution in [3.63, 3.8) is 0 Å². The normalized spacial score (nSPS) is 11.6. The predicted octanol–water partition coefficient (Wildman–Crippen LogP) is 5.49. The maximum absolute atomic E-state index is 13.1. The fourth-order valence-electron chi connectivity index (χ4n) is 3.11. The Kier molecular flexibility index (Phi) is 7.34. The van der Waals surface area contributed by atoms with E-state index in [1.165, 1.54) is 11.3 Å². The van der Waals surface area contributed by atoms with Crippen molar-refractivity contribution in [1.29, 1.82) is 0 Å². The number of hydrogen-bond donors (Lipinski definition) is 2. The molecule has 1 atom stereocenters. The van der Waals surface area contributed by atoms with Crippen LogP contribution in [0.2, 0.25) is 10.0 Å². The topological polar surface area (TPSA) is 84.0 Å². The summed E-state index contributed by atoms with van der Waals surface area (Å²) in [5.74, 6) is -0.769. The van der Waals surface area contributed by atoms with E-state index in [4.69, 9.17) is 23.2 Å². The number of carbonyl (C=O) groups excluding carboxylic acids is 2. The van der Waals surface area contributed by atoms with Gasteiger partial charge in [0.2, 0.25) is 11.0 Å². The van der Waals surface area contributed by atoms with Gasteiger partial charge in [0.15, 0.2) is 0 Å². The minimum absolute atomic E-state index is 0.311. The Morgan fingerprint density at radius 2 is 1.64 bits per heavy atom. The molecule has 0 fully saturated rings. The zero-order chi connectivity index (χ0) is 23.2. The average molecular weight is 497 g/mol. The highest BCUT2D eigenvalue weighted by molar-refractivity contribution is 7.18. The number of anilines is 1. The number of carbonyl (C=O) groups is 2. The van der Waals surface area contributed by atoms with Crippen molar-refractivity contribution in [1.82, 2.24) is 15.5 Å². The van der Waals surface area contributed by atoms with Gasteiger partial charge in [-0.05, 0) is 42.0 Å². The van der Waals surface area contributed by atoms with Crippen LogP contribution in [0.25, 0.3) is 10.6 Å². The van der Waals surface area contributed by atoms with E-state index in [0.717, 1.165) is 11.1 Å². The third-order valence-electron chi connectivity index (χ3n) is 4.74. The monoisotopic (exact) mass is 496 g/mol. The zero-order valence-corrected chi connectivity index (χ0v) is 19.5. The first kappa shape index (κ1) is 22.9. The van der Waals surface area contributed by atoms with Crippen molar-refractivity contribution >= 4 is 51.5 Å². The Morgan fingerprint density at radius 3 is 2.36 bits per heavy atom. The van der Waals surface area contributed by atoms with Crippen LogP contribution in [0.5, 0.6) is 0 Å². The minimum Gasteiger partial charge on any atom is -0.340 e. The lowest BCUT2D eigenvalue weighted by Crippen LogP contribution is -2.45. The van der Waals surface area contributed by atoms with Crippen LogP contribution < -0.4 is 10.6 Å². The highest BCUT2D eigenvalue weighted by atomic mass is 35.5. The van der Waals surface area contributed by atoms with E-state index in [1.807, 2.05) is 42.5 Å². The summed E-state index contributed by atoms with van der Waals surface area (Å²) in [6.07, 6.45) is 0.311. The maximum atomic E-state index is 13.1. The van der Waals surface area contributed by atoms with Gasteiger partial charge in [-0.1, -0.05) is 77.0 Å². The molecule has 0 aliphatic carbocycles. The molecule has 3 aromatic carbocycles. The second kappa shape index (κ2) is 10.6. The van der Waals surface area contributed by atoms with Gasteiger partial charge >= 0.3 is 0 Å². The fraction of sp³-hybridized carbons (Fsp3) is 0.0833. The van der Waals surface area contributed by atoms with E-state index in [0.29, 0.717) is 32.2 Å². The first-order chi connectivity index (χ1) is 16.0. The van der Waals surface area contributed by atoms with Gasteiger partial charge < -0.3 is 5.32 Å². The molecule has 0 saturated carbocycles. The van der Waals surface area contributed by atoms with Gasteiger partial charge in [-0.2, -0.15) is 0 Å². The van der Waals surface area contributed by atoms with Crippen LogP contribution in [0.1, 0.15) is 15.9 Å². The Labute approximate surface area is 204 Å². The quantitative estimate of drug-likeness (QED) is 0.354. The van der Waals surface area contributed by atoms with Crippen molar-refractivity contribution in [3.05, 3.63) is 100 Å². The van der Waals surface area contributed by atoms with Crippen molar-refractivity contribution in [2.45, 2.75) is 12.5 Å². The van der Waals surface area contributed by atoms with E-state index in [1.54, 1.807) is 36.4 Å². The van der Waals surface area contributed by atoms with Gasteiger partial charge in [0.05, 0.1) is 0 Å².